The molecule has 1 aromatic heterocycles. The number of unbranched alkanes of at least 4 members (excludes halogenated alkanes) is 1. The molecular formula is C24H36BrNO6S2. The second kappa shape index (κ2) is 13.9. The SMILES string of the molecule is CCS(=O)(=O)NC(=O)CCC/C=C\C[C@@H]1[C@@H](/C=C/[C@@H](O)CCc2cc(C)c(Br)s2)[C@H](O)C[C@@H]1O. The van der Waals surface area contributed by atoms with E-state index in [9.17, 15) is 28.5 Å². The summed E-state index contributed by atoms with van der Waals surface area (Å²) in [5.74, 6) is -1.02. The van der Waals surface area contributed by atoms with E-state index in [1.165, 1.54) is 17.4 Å². The molecular weight excluding hydrogens is 542 g/mol. The summed E-state index contributed by atoms with van der Waals surface area (Å²) in [6, 6.07) is 2.12. The van der Waals surface area contributed by atoms with Crippen LogP contribution in [0.15, 0.2) is 34.2 Å². The van der Waals surface area contributed by atoms with Crippen molar-refractivity contribution in [3.05, 3.63) is 44.6 Å². The maximum absolute atomic E-state index is 11.6. The van der Waals surface area contributed by atoms with E-state index in [1.807, 2.05) is 29.9 Å². The van der Waals surface area contributed by atoms with Gasteiger partial charge in [-0.15, -0.1) is 11.3 Å². The van der Waals surface area contributed by atoms with Gasteiger partial charge in [-0.05, 0) is 79.4 Å². The molecule has 0 aromatic carbocycles. The number of hydrogen-bond donors (Lipinski definition) is 4. The molecule has 0 radical (unpaired) electrons. The standard InChI is InChI=1S/C24H36BrNO6S2/c1-3-34(31,32)26-23(30)9-7-5-4-6-8-19-20(22(29)15-21(19)28)13-11-17(27)10-12-18-14-16(2)24(25)33-18/h4,6,11,13-14,17,19-22,27-29H,3,5,7-10,12,15H2,1-2H3,(H,26,30)/b6-4-,13-11+/t17-,19+,20+,21-,22+/m0/s1. The number of halogens is 1. The first kappa shape index (κ1) is 29.2. The highest BCUT2D eigenvalue weighted by atomic mass is 79.9. The van der Waals surface area contributed by atoms with Crippen LogP contribution >= 0.6 is 27.3 Å². The van der Waals surface area contributed by atoms with Crippen molar-refractivity contribution in [3.63, 3.8) is 0 Å². The number of allylic oxidation sites excluding steroid dienone is 2. The Morgan fingerprint density at radius 1 is 1.32 bits per heavy atom. The number of hydrogen-bond acceptors (Lipinski definition) is 7. The Hall–Kier alpha value is -1.04. The predicted octanol–water partition coefficient (Wildman–Crippen LogP) is 3.61. The van der Waals surface area contributed by atoms with Crippen molar-refractivity contribution in [2.24, 2.45) is 11.8 Å². The van der Waals surface area contributed by atoms with E-state index in [0.717, 1.165) is 10.2 Å². The Labute approximate surface area is 215 Å². The summed E-state index contributed by atoms with van der Waals surface area (Å²) in [5.41, 5.74) is 1.19. The van der Waals surface area contributed by atoms with Crippen LogP contribution in [-0.2, 0) is 21.2 Å². The Morgan fingerprint density at radius 2 is 2.06 bits per heavy atom. The van der Waals surface area contributed by atoms with Gasteiger partial charge in [0.1, 0.15) is 0 Å². The van der Waals surface area contributed by atoms with E-state index >= 15 is 0 Å². The number of carbonyl (C=O) groups is 1. The third-order valence-electron chi connectivity index (χ3n) is 6.07. The van der Waals surface area contributed by atoms with Crippen molar-refractivity contribution in [1.29, 1.82) is 0 Å². The summed E-state index contributed by atoms with van der Waals surface area (Å²) in [6.07, 6.45) is 9.00. The fraction of sp³-hybridized carbons (Fsp3) is 0.625. The summed E-state index contributed by atoms with van der Waals surface area (Å²) in [5, 5.41) is 31.1. The van der Waals surface area contributed by atoms with Crippen LogP contribution in [0.1, 0.15) is 55.9 Å². The molecule has 1 amide bonds. The Kier molecular flexibility index (Phi) is 11.9. The van der Waals surface area contributed by atoms with Crippen LogP contribution in [0.4, 0.5) is 0 Å². The molecule has 1 heterocycles. The van der Waals surface area contributed by atoms with Crippen LogP contribution in [0.25, 0.3) is 0 Å². The lowest BCUT2D eigenvalue weighted by molar-refractivity contribution is -0.119. The maximum atomic E-state index is 11.6. The summed E-state index contributed by atoms with van der Waals surface area (Å²) < 4.78 is 25.9. The highest BCUT2D eigenvalue weighted by Crippen LogP contribution is 2.36. The Balaban J connectivity index is 1.78. The van der Waals surface area contributed by atoms with Crippen LogP contribution < -0.4 is 4.72 Å². The summed E-state index contributed by atoms with van der Waals surface area (Å²) in [6.45, 7) is 3.51. The van der Waals surface area contributed by atoms with Gasteiger partial charge in [0, 0.05) is 23.6 Å². The van der Waals surface area contributed by atoms with E-state index in [0.29, 0.717) is 32.1 Å². The topological polar surface area (TPSA) is 124 Å². The second-order valence-electron chi connectivity index (χ2n) is 8.80. The van der Waals surface area contributed by atoms with Crippen molar-refractivity contribution in [2.75, 3.05) is 5.75 Å². The van der Waals surface area contributed by atoms with E-state index < -0.39 is 34.2 Å². The van der Waals surface area contributed by atoms with Gasteiger partial charge in [-0.3, -0.25) is 9.52 Å². The molecule has 1 aromatic rings. The molecule has 0 saturated heterocycles. The minimum absolute atomic E-state index is 0.125. The number of carbonyl (C=O) groups excluding carboxylic acids is 1. The van der Waals surface area contributed by atoms with Crippen molar-refractivity contribution >= 4 is 43.2 Å². The summed E-state index contributed by atoms with van der Waals surface area (Å²) in [7, 11) is -3.52. The highest BCUT2D eigenvalue weighted by molar-refractivity contribution is 9.11. The van der Waals surface area contributed by atoms with Gasteiger partial charge in [-0.1, -0.05) is 24.3 Å². The molecule has 4 N–H and O–H groups in total. The molecule has 10 heteroatoms. The minimum Gasteiger partial charge on any atom is -0.393 e. The molecule has 1 aliphatic rings. The van der Waals surface area contributed by atoms with E-state index in [4.69, 9.17) is 0 Å². The molecule has 0 aliphatic heterocycles. The van der Waals surface area contributed by atoms with E-state index in [-0.39, 0.29) is 24.0 Å². The van der Waals surface area contributed by atoms with Gasteiger partial charge in [-0.25, -0.2) is 8.42 Å². The van der Waals surface area contributed by atoms with Crippen molar-refractivity contribution in [3.8, 4) is 0 Å². The molecule has 0 unspecified atom stereocenters. The summed E-state index contributed by atoms with van der Waals surface area (Å²) >= 11 is 5.19. The number of nitrogens with one attached hydrogen (secondary N) is 1. The van der Waals surface area contributed by atoms with E-state index in [2.05, 4.69) is 22.0 Å². The molecule has 2 rings (SSSR count). The van der Waals surface area contributed by atoms with Crippen LogP contribution in [0.3, 0.4) is 0 Å². The first-order valence-corrected chi connectivity index (χ1v) is 14.9. The average molecular weight is 579 g/mol. The zero-order valence-corrected chi connectivity index (χ0v) is 22.9. The molecule has 5 atom stereocenters. The fourth-order valence-electron chi connectivity index (χ4n) is 4.04. The molecule has 0 spiro atoms. The minimum atomic E-state index is -3.52. The molecule has 1 fully saturated rings. The number of amides is 1. The first-order valence-electron chi connectivity index (χ1n) is 11.7. The number of rotatable bonds is 13. The largest absolute Gasteiger partial charge is 0.393 e. The van der Waals surface area contributed by atoms with Crippen LogP contribution in [0.5, 0.6) is 0 Å². The molecule has 34 heavy (non-hydrogen) atoms. The van der Waals surface area contributed by atoms with Crippen molar-refractivity contribution in [2.45, 2.75) is 77.1 Å². The normalized spacial score (nSPS) is 24.3. The van der Waals surface area contributed by atoms with Gasteiger partial charge in [-0.2, -0.15) is 0 Å². The number of aliphatic hydroxyl groups is 3. The monoisotopic (exact) mass is 577 g/mol. The van der Waals surface area contributed by atoms with Crippen molar-refractivity contribution in [1.82, 2.24) is 4.72 Å². The van der Waals surface area contributed by atoms with E-state index in [1.54, 1.807) is 17.4 Å². The van der Waals surface area contributed by atoms with Gasteiger partial charge in [0.05, 0.1) is 27.9 Å². The molecule has 0 bridgehead atoms. The molecule has 1 saturated carbocycles. The fourth-order valence-corrected chi connectivity index (χ4v) is 6.28. The zero-order chi connectivity index (χ0) is 25.3. The number of aryl methyl sites for hydroxylation is 2. The lowest BCUT2D eigenvalue weighted by Crippen LogP contribution is -2.31. The quantitative estimate of drug-likeness (QED) is 0.210. The Morgan fingerprint density at radius 3 is 2.71 bits per heavy atom. The highest BCUT2D eigenvalue weighted by Gasteiger charge is 2.39. The molecule has 192 valence electrons. The predicted molar refractivity (Wildman–Crippen MR) is 139 cm³/mol. The third kappa shape index (κ3) is 9.54. The van der Waals surface area contributed by atoms with Crippen LogP contribution in [-0.4, -0.2) is 53.7 Å². The lowest BCUT2D eigenvalue weighted by atomic mass is 9.89. The number of thiophene rings is 1. The van der Waals surface area contributed by atoms with Gasteiger partial charge < -0.3 is 15.3 Å². The van der Waals surface area contributed by atoms with Gasteiger partial charge in [0.25, 0.3) is 0 Å². The van der Waals surface area contributed by atoms with Crippen LogP contribution in [0.2, 0.25) is 0 Å². The van der Waals surface area contributed by atoms with Crippen molar-refractivity contribution < 1.29 is 28.5 Å². The molecule has 7 nitrogen and oxygen atoms in total. The number of aliphatic hydroxyl groups excluding tert-OH is 3. The first-order chi connectivity index (χ1) is 16.0. The Bertz CT molecular complexity index is 939. The summed E-state index contributed by atoms with van der Waals surface area (Å²) in [4.78, 5) is 12.9. The lowest BCUT2D eigenvalue weighted by Gasteiger charge is -2.19. The van der Waals surface area contributed by atoms with Crippen LogP contribution in [0, 0.1) is 18.8 Å². The zero-order valence-electron chi connectivity index (χ0n) is 19.7. The van der Waals surface area contributed by atoms with Gasteiger partial charge in [0.2, 0.25) is 15.9 Å². The average Bonchev–Trinajstić information content (AvgIpc) is 3.23. The second-order valence-corrected chi connectivity index (χ2v) is 13.3. The number of sulfonamides is 1. The maximum Gasteiger partial charge on any atom is 0.234 e. The van der Waals surface area contributed by atoms with Gasteiger partial charge >= 0.3 is 0 Å². The third-order valence-corrected chi connectivity index (χ3v) is 9.56. The van der Waals surface area contributed by atoms with Gasteiger partial charge in [0.15, 0.2) is 0 Å². The molecule has 1 aliphatic carbocycles. The smallest absolute Gasteiger partial charge is 0.234 e.